The maximum atomic E-state index is 9.88. The van der Waals surface area contributed by atoms with E-state index in [2.05, 4.69) is 33.5 Å². The SMILES string of the molecule is OCC1CN(Sc2ccccc2)C[C@@H](CO)N1Cc1ccccc1. The molecule has 2 N–H and O–H groups in total. The van der Waals surface area contributed by atoms with Gasteiger partial charge in [0, 0.05) is 36.6 Å². The first-order chi connectivity index (χ1) is 11.8. The summed E-state index contributed by atoms with van der Waals surface area (Å²) in [7, 11) is 0. The van der Waals surface area contributed by atoms with E-state index < -0.39 is 0 Å². The molecule has 2 aromatic carbocycles. The van der Waals surface area contributed by atoms with E-state index in [9.17, 15) is 10.2 Å². The Morgan fingerprint density at radius 1 is 0.833 bits per heavy atom. The Morgan fingerprint density at radius 2 is 1.38 bits per heavy atom. The molecule has 1 fully saturated rings. The van der Waals surface area contributed by atoms with Crippen molar-refractivity contribution in [3.8, 4) is 0 Å². The minimum atomic E-state index is 0.0207. The van der Waals surface area contributed by atoms with Gasteiger partial charge < -0.3 is 10.2 Å². The Bertz CT molecular complexity index is 597. The van der Waals surface area contributed by atoms with E-state index in [1.165, 1.54) is 10.5 Å². The molecule has 0 radical (unpaired) electrons. The predicted octanol–water partition coefficient (Wildman–Crippen LogP) is 2.23. The highest BCUT2D eigenvalue weighted by atomic mass is 32.2. The molecule has 1 aliphatic rings. The van der Waals surface area contributed by atoms with Crippen molar-refractivity contribution in [2.75, 3.05) is 26.3 Å². The lowest BCUT2D eigenvalue weighted by Gasteiger charge is -2.45. The fourth-order valence-corrected chi connectivity index (χ4v) is 4.21. The first-order valence-corrected chi connectivity index (χ1v) is 9.07. The fraction of sp³-hybridized carbons (Fsp3) is 0.368. The van der Waals surface area contributed by atoms with Crippen molar-refractivity contribution in [1.29, 1.82) is 0 Å². The highest BCUT2D eigenvalue weighted by Crippen LogP contribution is 2.28. The van der Waals surface area contributed by atoms with Gasteiger partial charge >= 0.3 is 0 Å². The third-order valence-corrected chi connectivity index (χ3v) is 5.41. The quantitative estimate of drug-likeness (QED) is 0.787. The minimum absolute atomic E-state index is 0.0207. The largest absolute Gasteiger partial charge is 0.395 e. The van der Waals surface area contributed by atoms with E-state index in [1.807, 2.05) is 36.4 Å². The standard InChI is InChI=1S/C19H24N2O2S/c22-14-17-12-20(24-19-9-5-2-6-10-19)13-18(15-23)21(17)11-16-7-3-1-4-8-16/h1-10,17-18,22-23H,11-15H2/t17-,18?/m0/s1. The number of benzene rings is 2. The monoisotopic (exact) mass is 344 g/mol. The van der Waals surface area contributed by atoms with Gasteiger partial charge in [-0.15, -0.1) is 0 Å². The van der Waals surface area contributed by atoms with Crippen LogP contribution in [0, 0.1) is 0 Å². The minimum Gasteiger partial charge on any atom is -0.395 e. The van der Waals surface area contributed by atoms with Crippen LogP contribution in [0.5, 0.6) is 0 Å². The van der Waals surface area contributed by atoms with Gasteiger partial charge in [0.2, 0.25) is 0 Å². The van der Waals surface area contributed by atoms with Gasteiger partial charge in [-0.1, -0.05) is 48.5 Å². The molecule has 2 aromatic rings. The molecule has 2 atom stereocenters. The summed E-state index contributed by atoms with van der Waals surface area (Å²) >= 11 is 1.70. The molecule has 0 bridgehead atoms. The van der Waals surface area contributed by atoms with E-state index >= 15 is 0 Å². The number of hydrogen-bond donors (Lipinski definition) is 2. The lowest BCUT2D eigenvalue weighted by atomic mass is 10.1. The Balaban J connectivity index is 1.70. The molecule has 3 rings (SSSR count). The van der Waals surface area contributed by atoms with Crippen LogP contribution in [0.15, 0.2) is 65.6 Å². The average Bonchev–Trinajstić information content (AvgIpc) is 2.64. The number of aliphatic hydroxyl groups excluding tert-OH is 2. The summed E-state index contributed by atoms with van der Waals surface area (Å²) in [6, 6.07) is 20.5. The summed E-state index contributed by atoms with van der Waals surface area (Å²) in [6.45, 7) is 2.49. The molecule has 0 spiro atoms. The van der Waals surface area contributed by atoms with Gasteiger partial charge in [-0.25, -0.2) is 4.31 Å². The maximum Gasteiger partial charge on any atom is 0.0599 e. The molecule has 1 heterocycles. The summed E-state index contributed by atoms with van der Waals surface area (Å²) in [5, 5.41) is 19.8. The molecule has 0 aliphatic carbocycles. The smallest absolute Gasteiger partial charge is 0.0599 e. The Labute approximate surface area is 147 Å². The number of nitrogens with zero attached hydrogens (tertiary/aromatic N) is 2. The van der Waals surface area contributed by atoms with Crippen molar-refractivity contribution in [3.63, 3.8) is 0 Å². The third-order valence-electron chi connectivity index (χ3n) is 4.37. The molecule has 0 saturated carbocycles. The molecule has 5 heteroatoms. The zero-order chi connectivity index (χ0) is 16.8. The second-order valence-corrected chi connectivity index (χ2v) is 7.25. The van der Waals surface area contributed by atoms with E-state index in [0.717, 1.165) is 19.6 Å². The van der Waals surface area contributed by atoms with Crippen molar-refractivity contribution in [1.82, 2.24) is 9.21 Å². The number of hydrogen-bond acceptors (Lipinski definition) is 5. The van der Waals surface area contributed by atoms with Gasteiger partial charge in [-0.2, -0.15) is 0 Å². The molecule has 0 aromatic heterocycles. The summed E-state index contributed by atoms with van der Waals surface area (Å²) < 4.78 is 2.25. The molecule has 1 unspecified atom stereocenters. The summed E-state index contributed by atoms with van der Waals surface area (Å²) in [5.41, 5.74) is 1.21. The normalized spacial score (nSPS) is 22.6. The lowest BCUT2D eigenvalue weighted by molar-refractivity contribution is -0.000250. The van der Waals surface area contributed by atoms with E-state index in [0.29, 0.717) is 0 Å². The van der Waals surface area contributed by atoms with Crippen molar-refractivity contribution in [3.05, 3.63) is 66.2 Å². The Morgan fingerprint density at radius 3 is 1.92 bits per heavy atom. The van der Waals surface area contributed by atoms with Crippen LogP contribution in [-0.2, 0) is 6.54 Å². The molecule has 0 amide bonds. The van der Waals surface area contributed by atoms with Crippen LogP contribution in [-0.4, -0.2) is 57.8 Å². The molecule has 24 heavy (non-hydrogen) atoms. The highest BCUT2D eigenvalue weighted by Gasteiger charge is 2.34. The van der Waals surface area contributed by atoms with Gasteiger partial charge in [0.15, 0.2) is 0 Å². The molecular weight excluding hydrogens is 320 g/mol. The van der Waals surface area contributed by atoms with Crippen molar-refractivity contribution >= 4 is 11.9 Å². The third kappa shape index (κ3) is 4.37. The van der Waals surface area contributed by atoms with Gasteiger partial charge in [-0.05, 0) is 29.6 Å². The second-order valence-electron chi connectivity index (χ2n) is 6.08. The van der Waals surface area contributed by atoms with Crippen LogP contribution in [0.4, 0.5) is 0 Å². The van der Waals surface area contributed by atoms with Gasteiger partial charge in [0.25, 0.3) is 0 Å². The first-order valence-electron chi connectivity index (χ1n) is 8.29. The van der Waals surface area contributed by atoms with Crippen LogP contribution < -0.4 is 0 Å². The fourth-order valence-electron chi connectivity index (χ4n) is 3.14. The Hall–Kier alpha value is -1.37. The van der Waals surface area contributed by atoms with E-state index in [4.69, 9.17) is 0 Å². The predicted molar refractivity (Wildman–Crippen MR) is 97.6 cm³/mol. The molecule has 128 valence electrons. The zero-order valence-electron chi connectivity index (χ0n) is 13.7. The maximum absolute atomic E-state index is 9.88. The number of piperazine rings is 1. The van der Waals surface area contributed by atoms with Crippen LogP contribution in [0.3, 0.4) is 0 Å². The van der Waals surface area contributed by atoms with Crippen LogP contribution in [0.2, 0.25) is 0 Å². The zero-order valence-corrected chi connectivity index (χ0v) is 14.5. The van der Waals surface area contributed by atoms with Crippen LogP contribution in [0.25, 0.3) is 0 Å². The molecule has 4 nitrogen and oxygen atoms in total. The van der Waals surface area contributed by atoms with Gasteiger partial charge in [0.05, 0.1) is 13.2 Å². The van der Waals surface area contributed by atoms with Crippen LogP contribution >= 0.6 is 11.9 Å². The van der Waals surface area contributed by atoms with Crippen molar-refractivity contribution in [2.45, 2.75) is 23.5 Å². The van der Waals surface area contributed by atoms with E-state index in [1.54, 1.807) is 11.9 Å². The van der Waals surface area contributed by atoms with Crippen LogP contribution in [0.1, 0.15) is 5.56 Å². The van der Waals surface area contributed by atoms with Crippen molar-refractivity contribution < 1.29 is 10.2 Å². The summed E-state index contributed by atoms with van der Waals surface area (Å²) in [6.07, 6.45) is 0. The lowest BCUT2D eigenvalue weighted by Crippen LogP contribution is -2.59. The van der Waals surface area contributed by atoms with Crippen molar-refractivity contribution in [2.24, 2.45) is 0 Å². The average molecular weight is 344 g/mol. The topological polar surface area (TPSA) is 46.9 Å². The second kappa shape index (κ2) is 8.65. The van der Waals surface area contributed by atoms with Gasteiger partial charge in [-0.3, -0.25) is 4.90 Å². The first kappa shape index (κ1) is 17.5. The molecular formula is C19H24N2O2S. The number of aliphatic hydroxyl groups is 2. The Kier molecular flexibility index (Phi) is 6.29. The van der Waals surface area contributed by atoms with Gasteiger partial charge in [0.1, 0.15) is 0 Å². The molecule has 1 aliphatic heterocycles. The summed E-state index contributed by atoms with van der Waals surface area (Å²) in [5.74, 6) is 0. The van der Waals surface area contributed by atoms with E-state index in [-0.39, 0.29) is 25.3 Å². The summed E-state index contributed by atoms with van der Waals surface area (Å²) in [4.78, 5) is 3.42. The highest BCUT2D eigenvalue weighted by molar-refractivity contribution is 7.97. The molecule has 1 saturated heterocycles. The number of rotatable bonds is 6.